The monoisotopic (exact) mass is 203 g/mol. The average molecular weight is 203 g/mol. The van der Waals surface area contributed by atoms with Gasteiger partial charge in [-0.15, -0.1) is 12.3 Å². The topological polar surface area (TPSA) is 63.6 Å². The highest BCUT2D eigenvalue weighted by atomic mass is 31.1. The third-order valence-corrected chi connectivity index (χ3v) is 2.11. The number of carbonyl (C=O) groups is 1. The van der Waals surface area contributed by atoms with Gasteiger partial charge in [0.1, 0.15) is 5.92 Å². The Morgan fingerprint density at radius 1 is 1.77 bits per heavy atom. The van der Waals surface area contributed by atoms with Gasteiger partial charge >= 0.3 is 14.0 Å². The number of hydrogen-bond acceptors (Lipinski definition) is 3. The van der Waals surface area contributed by atoms with Gasteiger partial charge < -0.3 is 4.74 Å². The fourth-order valence-corrected chi connectivity index (χ4v) is 1.47. The fraction of sp³-hybridized carbons (Fsp3) is 0.625. The van der Waals surface area contributed by atoms with Crippen LogP contribution in [0.5, 0.6) is 0 Å². The number of carbonyl (C=O) groups excluding carboxylic acids is 1. The Morgan fingerprint density at radius 2 is 2.38 bits per heavy atom. The van der Waals surface area contributed by atoms with Crippen molar-refractivity contribution in [3.63, 3.8) is 0 Å². The van der Waals surface area contributed by atoms with E-state index in [9.17, 15) is 9.36 Å². The molecule has 72 valence electrons. The van der Waals surface area contributed by atoms with Crippen LogP contribution in [-0.2, 0) is 14.1 Å². The summed E-state index contributed by atoms with van der Waals surface area (Å²) in [6, 6.07) is 0. The zero-order valence-corrected chi connectivity index (χ0v) is 8.29. The SMILES string of the molecule is C#CCC(C[P+](=O)O)C(=O)OCC. The van der Waals surface area contributed by atoms with E-state index in [2.05, 4.69) is 10.7 Å². The smallest absolute Gasteiger partial charge is 0.466 e. The zero-order chi connectivity index (χ0) is 10.3. The number of terminal acetylenes is 1. The summed E-state index contributed by atoms with van der Waals surface area (Å²) in [5.74, 6) is 1.12. The Labute approximate surface area is 78.2 Å². The summed E-state index contributed by atoms with van der Waals surface area (Å²) in [6.45, 7) is 1.92. The second-order valence-corrected chi connectivity index (χ2v) is 3.46. The molecule has 4 nitrogen and oxygen atoms in total. The predicted octanol–water partition coefficient (Wildman–Crippen LogP) is 0.924. The van der Waals surface area contributed by atoms with Crippen LogP contribution in [-0.4, -0.2) is 23.6 Å². The predicted molar refractivity (Wildman–Crippen MR) is 48.3 cm³/mol. The Hall–Kier alpha value is -0.910. The molecule has 0 heterocycles. The lowest BCUT2D eigenvalue weighted by atomic mass is 10.1. The third-order valence-electron chi connectivity index (χ3n) is 1.36. The maximum atomic E-state index is 11.1. The molecule has 0 fully saturated rings. The van der Waals surface area contributed by atoms with Crippen LogP contribution in [0.1, 0.15) is 13.3 Å². The van der Waals surface area contributed by atoms with E-state index in [4.69, 9.17) is 11.3 Å². The van der Waals surface area contributed by atoms with Crippen molar-refractivity contribution in [2.45, 2.75) is 13.3 Å². The molecule has 0 rings (SSSR count). The van der Waals surface area contributed by atoms with Crippen molar-refractivity contribution >= 4 is 14.0 Å². The molecule has 13 heavy (non-hydrogen) atoms. The lowest BCUT2D eigenvalue weighted by Crippen LogP contribution is -2.19. The first kappa shape index (κ1) is 12.1. The van der Waals surface area contributed by atoms with Crippen LogP contribution in [0.2, 0.25) is 0 Å². The molecule has 0 aliphatic carbocycles. The highest BCUT2D eigenvalue weighted by Gasteiger charge is 2.28. The lowest BCUT2D eigenvalue weighted by Gasteiger charge is -2.06. The molecule has 0 amide bonds. The van der Waals surface area contributed by atoms with Gasteiger partial charge in [-0.05, 0) is 11.5 Å². The summed E-state index contributed by atoms with van der Waals surface area (Å²) in [5, 5.41) is 0. The number of ether oxygens (including phenoxy) is 1. The van der Waals surface area contributed by atoms with Crippen molar-refractivity contribution in [3.05, 3.63) is 0 Å². The Balaban J connectivity index is 4.16. The summed E-state index contributed by atoms with van der Waals surface area (Å²) >= 11 is 0. The summed E-state index contributed by atoms with van der Waals surface area (Å²) in [6.07, 6.45) is 5.02. The zero-order valence-electron chi connectivity index (χ0n) is 7.40. The van der Waals surface area contributed by atoms with E-state index >= 15 is 0 Å². The molecule has 0 radical (unpaired) electrons. The van der Waals surface area contributed by atoms with Crippen molar-refractivity contribution < 1.29 is 19.0 Å². The van der Waals surface area contributed by atoms with Gasteiger partial charge in [-0.1, -0.05) is 0 Å². The maximum absolute atomic E-state index is 11.1. The molecule has 0 bridgehead atoms. The first-order valence-electron chi connectivity index (χ1n) is 3.85. The largest absolute Gasteiger partial charge is 0.506 e. The highest BCUT2D eigenvalue weighted by Crippen LogP contribution is 2.21. The second-order valence-electron chi connectivity index (χ2n) is 2.39. The lowest BCUT2D eigenvalue weighted by molar-refractivity contribution is -0.147. The molecule has 0 saturated carbocycles. The Morgan fingerprint density at radius 3 is 2.77 bits per heavy atom. The molecule has 0 spiro atoms. The van der Waals surface area contributed by atoms with Gasteiger partial charge in [-0.3, -0.25) is 4.79 Å². The normalized spacial score (nSPS) is 12.8. The molecule has 2 atom stereocenters. The van der Waals surface area contributed by atoms with E-state index in [0.717, 1.165) is 0 Å². The minimum atomic E-state index is -2.34. The summed E-state index contributed by atoms with van der Waals surface area (Å²) < 4.78 is 15.1. The number of hydrogen-bond donors (Lipinski definition) is 1. The Kier molecular flexibility index (Phi) is 6.13. The van der Waals surface area contributed by atoms with Crippen LogP contribution in [0, 0.1) is 18.3 Å². The van der Waals surface area contributed by atoms with E-state index in [1.165, 1.54) is 0 Å². The number of rotatable bonds is 5. The van der Waals surface area contributed by atoms with E-state index in [1.54, 1.807) is 6.92 Å². The van der Waals surface area contributed by atoms with Gasteiger partial charge in [0.25, 0.3) is 0 Å². The first-order valence-corrected chi connectivity index (χ1v) is 5.25. The van der Waals surface area contributed by atoms with Crippen molar-refractivity contribution in [2.75, 3.05) is 12.8 Å². The summed E-state index contributed by atoms with van der Waals surface area (Å²) in [7, 11) is -2.34. The van der Waals surface area contributed by atoms with Crippen LogP contribution >= 0.6 is 8.03 Å². The van der Waals surface area contributed by atoms with Crippen molar-refractivity contribution in [3.8, 4) is 12.3 Å². The minimum Gasteiger partial charge on any atom is -0.466 e. The maximum Gasteiger partial charge on any atom is 0.506 e. The van der Waals surface area contributed by atoms with Gasteiger partial charge in [-0.25, -0.2) is 0 Å². The molecule has 1 N–H and O–H groups in total. The molecule has 0 aliphatic heterocycles. The van der Waals surface area contributed by atoms with Gasteiger partial charge in [-0.2, -0.15) is 4.89 Å². The summed E-state index contributed by atoms with van der Waals surface area (Å²) in [5.41, 5.74) is 0. The van der Waals surface area contributed by atoms with Gasteiger partial charge in [0.05, 0.1) is 6.61 Å². The molecular formula is C8H12O4P+. The highest BCUT2D eigenvalue weighted by molar-refractivity contribution is 7.38. The molecule has 2 unspecified atom stereocenters. The van der Waals surface area contributed by atoms with Crippen molar-refractivity contribution in [1.82, 2.24) is 0 Å². The first-order chi connectivity index (χ1) is 6.11. The van der Waals surface area contributed by atoms with Crippen LogP contribution in [0.3, 0.4) is 0 Å². The van der Waals surface area contributed by atoms with E-state index in [1.807, 2.05) is 0 Å². The van der Waals surface area contributed by atoms with Crippen LogP contribution in [0.25, 0.3) is 0 Å². The van der Waals surface area contributed by atoms with Gasteiger partial charge in [0.15, 0.2) is 6.16 Å². The molecule has 0 aromatic rings. The van der Waals surface area contributed by atoms with Crippen LogP contribution in [0.4, 0.5) is 0 Å². The Bertz CT molecular complexity index is 231. The van der Waals surface area contributed by atoms with Crippen molar-refractivity contribution in [2.24, 2.45) is 5.92 Å². The molecule has 5 heteroatoms. The molecular weight excluding hydrogens is 191 g/mol. The van der Waals surface area contributed by atoms with Crippen LogP contribution < -0.4 is 0 Å². The minimum absolute atomic E-state index is 0.127. The third kappa shape index (κ3) is 5.35. The number of esters is 1. The summed E-state index contributed by atoms with van der Waals surface area (Å²) in [4.78, 5) is 19.7. The quantitative estimate of drug-likeness (QED) is 0.410. The van der Waals surface area contributed by atoms with Crippen molar-refractivity contribution in [1.29, 1.82) is 0 Å². The van der Waals surface area contributed by atoms with Gasteiger partial charge in [0.2, 0.25) is 0 Å². The fourth-order valence-electron chi connectivity index (χ4n) is 0.813. The molecule has 0 aromatic carbocycles. The standard InChI is InChI=1S/C8H11O4P/c1-3-5-7(6-13(10)11)8(9)12-4-2/h1,7H,4-6H2,2H3/p+1. The molecule has 0 aliphatic rings. The van der Waals surface area contributed by atoms with E-state index < -0.39 is 19.9 Å². The molecule has 0 aromatic heterocycles. The van der Waals surface area contributed by atoms with E-state index in [0.29, 0.717) is 0 Å². The molecule has 0 saturated heterocycles. The van der Waals surface area contributed by atoms with E-state index in [-0.39, 0.29) is 19.2 Å². The van der Waals surface area contributed by atoms with Crippen LogP contribution in [0.15, 0.2) is 0 Å². The second kappa shape index (κ2) is 6.59. The average Bonchev–Trinajstić information content (AvgIpc) is 2.03. The van der Waals surface area contributed by atoms with Gasteiger partial charge in [0, 0.05) is 6.42 Å².